The van der Waals surface area contributed by atoms with Crippen LogP contribution in [0.2, 0.25) is 0 Å². The van der Waals surface area contributed by atoms with E-state index in [0.29, 0.717) is 12.3 Å². The predicted octanol–water partition coefficient (Wildman–Crippen LogP) is 0.846. The number of hydrogen-bond acceptors (Lipinski definition) is 3. The van der Waals surface area contributed by atoms with Crippen molar-refractivity contribution in [2.24, 2.45) is 0 Å². The van der Waals surface area contributed by atoms with Gasteiger partial charge >= 0.3 is 0 Å². The van der Waals surface area contributed by atoms with E-state index in [9.17, 15) is 4.79 Å². The Labute approximate surface area is 83.3 Å². The first-order valence-corrected chi connectivity index (χ1v) is 4.45. The summed E-state index contributed by atoms with van der Waals surface area (Å²) in [6, 6.07) is 5.22. The average molecular weight is 194 g/mol. The summed E-state index contributed by atoms with van der Waals surface area (Å²) in [4.78, 5) is 15.4. The zero-order valence-corrected chi connectivity index (χ0v) is 8.36. The van der Waals surface area contributed by atoms with Crippen LogP contribution in [0.5, 0.6) is 0 Å². The van der Waals surface area contributed by atoms with Crippen LogP contribution in [0.4, 0.5) is 0 Å². The lowest BCUT2D eigenvalue weighted by Gasteiger charge is -2.11. The molecule has 0 aromatic carbocycles. The monoisotopic (exact) mass is 194 g/mol. The third-order valence-electron chi connectivity index (χ3n) is 1.69. The highest BCUT2D eigenvalue weighted by molar-refractivity contribution is 5.92. The van der Waals surface area contributed by atoms with Crippen LogP contribution < -0.4 is 5.32 Å². The number of pyridine rings is 1. The largest absolute Gasteiger partial charge is 0.383 e. The Kier molecular flexibility index (Phi) is 4.07. The van der Waals surface area contributed by atoms with Crippen molar-refractivity contribution in [3.8, 4) is 0 Å². The number of aromatic nitrogens is 1. The molecule has 0 bridgehead atoms. The van der Waals surface area contributed by atoms with Gasteiger partial charge in [-0.05, 0) is 19.1 Å². The normalized spacial score (nSPS) is 12.1. The molecule has 4 heteroatoms. The zero-order valence-electron chi connectivity index (χ0n) is 8.36. The van der Waals surface area contributed by atoms with Crippen LogP contribution in [0.15, 0.2) is 24.4 Å². The highest BCUT2D eigenvalue weighted by Crippen LogP contribution is 1.94. The van der Waals surface area contributed by atoms with Gasteiger partial charge in [0.15, 0.2) is 0 Å². The molecule has 76 valence electrons. The molecule has 0 aliphatic rings. The molecular weight excluding hydrogens is 180 g/mol. The van der Waals surface area contributed by atoms with E-state index in [1.54, 1.807) is 31.5 Å². The van der Waals surface area contributed by atoms with Crippen molar-refractivity contribution >= 4 is 5.91 Å². The van der Waals surface area contributed by atoms with Crippen LogP contribution in [-0.4, -0.2) is 30.6 Å². The molecule has 1 aromatic heterocycles. The first kappa shape index (κ1) is 10.7. The molecule has 0 aliphatic heterocycles. The van der Waals surface area contributed by atoms with Gasteiger partial charge in [-0.25, -0.2) is 0 Å². The van der Waals surface area contributed by atoms with Crippen molar-refractivity contribution in [3.05, 3.63) is 30.1 Å². The Balaban J connectivity index is 2.51. The molecule has 4 nitrogen and oxygen atoms in total. The maximum Gasteiger partial charge on any atom is 0.270 e. The molecule has 1 N–H and O–H groups in total. The first-order valence-electron chi connectivity index (χ1n) is 4.45. The van der Waals surface area contributed by atoms with Gasteiger partial charge in [-0.15, -0.1) is 0 Å². The second-order valence-electron chi connectivity index (χ2n) is 3.04. The second kappa shape index (κ2) is 5.34. The fraction of sp³-hybridized carbons (Fsp3) is 0.400. The van der Waals surface area contributed by atoms with Crippen molar-refractivity contribution in [1.29, 1.82) is 0 Å². The van der Waals surface area contributed by atoms with Gasteiger partial charge in [0, 0.05) is 19.3 Å². The fourth-order valence-electron chi connectivity index (χ4n) is 1.09. The second-order valence-corrected chi connectivity index (χ2v) is 3.04. The van der Waals surface area contributed by atoms with Crippen molar-refractivity contribution in [2.45, 2.75) is 13.0 Å². The summed E-state index contributed by atoms with van der Waals surface area (Å²) in [5.74, 6) is -0.171. The molecule has 1 rings (SSSR count). The lowest BCUT2D eigenvalue weighted by atomic mass is 10.3. The number of nitrogens with one attached hydrogen (secondary N) is 1. The van der Waals surface area contributed by atoms with Crippen molar-refractivity contribution < 1.29 is 9.53 Å². The molecule has 0 saturated carbocycles. The number of ether oxygens (including phenoxy) is 1. The third-order valence-corrected chi connectivity index (χ3v) is 1.69. The molecule has 1 amide bonds. The highest BCUT2D eigenvalue weighted by Gasteiger charge is 2.09. The number of carbonyl (C=O) groups excluding carboxylic acids is 1. The SMILES string of the molecule is COC[C@@H](C)NC(=O)c1ccccn1. The van der Waals surface area contributed by atoms with Gasteiger partial charge in [0.05, 0.1) is 6.61 Å². The number of carbonyl (C=O) groups is 1. The summed E-state index contributed by atoms with van der Waals surface area (Å²) in [6.45, 7) is 2.38. The zero-order chi connectivity index (χ0) is 10.4. The van der Waals surface area contributed by atoms with E-state index in [0.717, 1.165) is 0 Å². The molecule has 14 heavy (non-hydrogen) atoms. The van der Waals surface area contributed by atoms with Crippen LogP contribution >= 0.6 is 0 Å². The summed E-state index contributed by atoms with van der Waals surface area (Å²) < 4.78 is 4.91. The van der Waals surface area contributed by atoms with Crippen molar-refractivity contribution in [1.82, 2.24) is 10.3 Å². The first-order chi connectivity index (χ1) is 6.74. The Morgan fingerprint density at radius 1 is 1.64 bits per heavy atom. The number of nitrogens with zero attached hydrogens (tertiary/aromatic N) is 1. The minimum absolute atomic E-state index is 0.00509. The Morgan fingerprint density at radius 3 is 3.00 bits per heavy atom. The molecular formula is C10H14N2O2. The average Bonchev–Trinajstić information content (AvgIpc) is 2.19. The van der Waals surface area contributed by atoms with Crippen LogP contribution in [0.1, 0.15) is 17.4 Å². The molecule has 1 aromatic rings. The van der Waals surface area contributed by atoms with Crippen LogP contribution in [0.25, 0.3) is 0 Å². The summed E-state index contributed by atoms with van der Waals surface area (Å²) in [5.41, 5.74) is 0.426. The van der Waals surface area contributed by atoms with Gasteiger partial charge < -0.3 is 10.1 Å². The number of amides is 1. The summed E-state index contributed by atoms with van der Waals surface area (Å²) in [6.07, 6.45) is 1.59. The van der Waals surface area contributed by atoms with Crippen LogP contribution in [0.3, 0.4) is 0 Å². The van der Waals surface area contributed by atoms with Crippen LogP contribution in [0, 0.1) is 0 Å². The molecule has 0 aliphatic carbocycles. The van der Waals surface area contributed by atoms with E-state index >= 15 is 0 Å². The summed E-state index contributed by atoms with van der Waals surface area (Å²) in [7, 11) is 1.60. The third kappa shape index (κ3) is 3.14. The van der Waals surface area contributed by atoms with Gasteiger partial charge in [0.2, 0.25) is 0 Å². The van der Waals surface area contributed by atoms with E-state index in [4.69, 9.17) is 4.74 Å². The lowest BCUT2D eigenvalue weighted by Crippen LogP contribution is -2.35. The lowest BCUT2D eigenvalue weighted by molar-refractivity contribution is 0.0900. The number of methoxy groups -OCH3 is 1. The molecule has 0 spiro atoms. The van der Waals surface area contributed by atoms with Crippen LogP contribution in [-0.2, 0) is 4.74 Å². The topological polar surface area (TPSA) is 51.2 Å². The maximum absolute atomic E-state index is 11.5. The quantitative estimate of drug-likeness (QED) is 0.773. The van der Waals surface area contributed by atoms with Gasteiger partial charge in [-0.1, -0.05) is 6.07 Å². The number of rotatable bonds is 4. The van der Waals surface area contributed by atoms with E-state index in [1.807, 2.05) is 6.92 Å². The molecule has 0 unspecified atom stereocenters. The number of hydrogen-bond donors (Lipinski definition) is 1. The van der Waals surface area contributed by atoms with Crippen molar-refractivity contribution in [3.63, 3.8) is 0 Å². The molecule has 1 heterocycles. The predicted molar refractivity (Wildman–Crippen MR) is 53.0 cm³/mol. The maximum atomic E-state index is 11.5. The summed E-state index contributed by atoms with van der Waals surface area (Å²) in [5, 5.41) is 2.77. The Bertz CT molecular complexity index is 287. The Morgan fingerprint density at radius 2 is 2.43 bits per heavy atom. The van der Waals surface area contributed by atoms with E-state index in [-0.39, 0.29) is 11.9 Å². The minimum Gasteiger partial charge on any atom is -0.383 e. The fourth-order valence-corrected chi connectivity index (χ4v) is 1.09. The van der Waals surface area contributed by atoms with Gasteiger partial charge in [0.1, 0.15) is 5.69 Å². The van der Waals surface area contributed by atoms with Gasteiger partial charge in [0.25, 0.3) is 5.91 Å². The standard InChI is InChI=1S/C10H14N2O2/c1-8(7-14-2)12-10(13)9-5-3-4-6-11-9/h3-6,8H,7H2,1-2H3,(H,12,13)/t8-/m1/s1. The van der Waals surface area contributed by atoms with Gasteiger partial charge in [-0.3, -0.25) is 9.78 Å². The molecule has 1 atom stereocenters. The highest BCUT2D eigenvalue weighted by atomic mass is 16.5. The molecule has 0 fully saturated rings. The van der Waals surface area contributed by atoms with Crippen molar-refractivity contribution in [2.75, 3.05) is 13.7 Å². The van der Waals surface area contributed by atoms with Gasteiger partial charge in [-0.2, -0.15) is 0 Å². The summed E-state index contributed by atoms with van der Waals surface area (Å²) >= 11 is 0. The smallest absolute Gasteiger partial charge is 0.270 e. The van der Waals surface area contributed by atoms with E-state index < -0.39 is 0 Å². The Hall–Kier alpha value is -1.42. The molecule has 0 saturated heterocycles. The van der Waals surface area contributed by atoms with E-state index in [1.165, 1.54) is 0 Å². The minimum atomic E-state index is -0.171. The van der Waals surface area contributed by atoms with E-state index in [2.05, 4.69) is 10.3 Å². The molecule has 0 radical (unpaired) electrons.